The second-order valence-corrected chi connectivity index (χ2v) is 8.28. The summed E-state index contributed by atoms with van der Waals surface area (Å²) in [5.74, 6) is -0.339. The molecule has 0 aliphatic carbocycles. The molecule has 5 rings (SSSR count). The van der Waals surface area contributed by atoms with Crippen LogP contribution in [0.1, 0.15) is 28.9 Å². The fourth-order valence-electron chi connectivity index (χ4n) is 4.80. The lowest BCUT2D eigenvalue weighted by molar-refractivity contribution is -0.0843. The standard InChI is InChI=1S/C23H25FN4O2/c1-27-21-5-3-2-4-20(21)22(26-27)23(29)25-17-10-18-13-30-14-19(11-17)28(18)12-15-6-8-16(24)9-7-15/h2-9,17-19H,10-14H2,1H3,(H,25,29)/t17?,18-,19+. The maximum absolute atomic E-state index is 13.2. The predicted octanol–water partition coefficient (Wildman–Crippen LogP) is 2.87. The SMILES string of the molecule is Cn1nc(C(=O)NC2C[C@H]3COC[C@@H](C2)N3Cc2ccc(F)cc2)c2ccccc21. The van der Waals surface area contributed by atoms with Crippen molar-refractivity contribution in [3.05, 3.63) is 65.6 Å². The summed E-state index contributed by atoms with van der Waals surface area (Å²) in [6.07, 6.45) is 1.66. The number of nitrogens with one attached hydrogen (secondary N) is 1. The van der Waals surface area contributed by atoms with E-state index in [4.69, 9.17) is 4.74 Å². The van der Waals surface area contributed by atoms with Gasteiger partial charge in [0.2, 0.25) is 0 Å². The number of benzene rings is 2. The van der Waals surface area contributed by atoms with Crippen molar-refractivity contribution in [2.24, 2.45) is 7.05 Å². The van der Waals surface area contributed by atoms with Gasteiger partial charge in [-0.1, -0.05) is 30.3 Å². The maximum Gasteiger partial charge on any atom is 0.272 e. The number of fused-ring (bicyclic) bond motifs is 3. The molecule has 0 saturated carbocycles. The summed E-state index contributed by atoms with van der Waals surface area (Å²) in [6, 6.07) is 15.0. The Morgan fingerprint density at radius 3 is 2.57 bits per heavy atom. The largest absolute Gasteiger partial charge is 0.378 e. The van der Waals surface area contributed by atoms with Crippen LogP contribution in [-0.4, -0.2) is 51.9 Å². The van der Waals surface area contributed by atoms with Gasteiger partial charge in [-0.15, -0.1) is 0 Å². The summed E-state index contributed by atoms with van der Waals surface area (Å²) < 4.78 is 20.8. The Morgan fingerprint density at radius 2 is 1.83 bits per heavy atom. The number of nitrogens with zero attached hydrogens (tertiary/aromatic N) is 3. The second-order valence-electron chi connectivity index (χ2n) is 8.28. The maximum atomic E-state index is 13.2. The molecule has 1 unspecified atom stereocenters. The summed E-state index contributed by atoms with van der Waals surface area (Å²) in [5, 5.41) is 8.53. The van der Waals surface area contributed by atoms with E-state index in [1.54, 1.807) is 4.68 Å². The number of hydrogen-bond acceptors (Lipinski definition) is 4. The first-order valence-corrected chi connectivity index (χ1v) is 10.4. The van der Waals surface area contributed by atoms with Gasteiger partial charge < -0.3 is 10.1 Å². The van der Waals surface area contributed by atoms with Crippen LogP contribution in [0.3, 0.4) is 0 Å². The molecule has 0 radical (unpaired) electrons. The molecular weight excluding hydrogens is 383 g/mol. The fraction of sp³-hybridized carbons (Fsp3) is 0.391. The molecule has 156 valence electrons. The van der Waals surface area contributed by atoms with E-state index in [0.29, 0.717) is 18.9 Å². The van der Waals surface area contributed by atoms with Crippen molar-refractivity contribution < 1.29 is 13.9 Å². The van der Waals surface area contributed by atoms with E-state index < -0.39 is 0 Å². The van der Waals surface area contributed by atoms with Crippen LogP contribution in [0.2, 0.25) is 0 Å². The van der Waals surface area contributed by atoms with Crippen LogP contribution in [0, 0.1) is 5.82 Å². The number of carbonyl (C=O) groups excluding carboxylic acids is 1. The summed E-state index contributed by atoms with van der Waals surface area (Å²) in [5.41, 5.74) is 2.51. The zero-order valence-electron chi connectivity index (χ0n) is 16.9. The van der Waals surface area contributed by atoms with Gasteiger partial charge in [-0.2, -0.15) is 5.10 Å². The lowest BCUT2D eigenvalue weighted by Gasteiger charge is -2.48. The number of piperidine rings is 1. The molecule has 2 aliphatic heterocycles. The van der Waals surface area contributed by atoms with Crippen molar-refractivity contribution in [2.45, 2.75) is 37.5 Å². The number of carbonyl (C=O) groups is 1. The first-order chi connectivity index (χ1) is 14.6. The van der Waals surface area contributed by atoms with Gasteiger partial charge in [0.05, 0.1) is 18.7 Å². The number of rotatable bonds is 4. The van der Waals surface area contributed by atoms with Crippen LogP contribution >= 0.6 is 0 Å². The lowest BCUT2D eigenvalue weighted by Crippen LogP contribution is -2.60. The number of morpholine rings is 1. The van der Waals surface area contributed by atoms with Gasteiger partial charge in [-0.3, -0.25) is 14.4 Å². The summed E-state index contributed by atoms with van der Waals surface area (Å²) in [4.78, 5) is 15.4. The van der Waals surface area contributed by atoms with Gasteiger partial charge >= 0.3 is 0 Å². The minimum absolute atomic E-state index is 0.0848. The highest BCUT2D eigenvalue weighted by Gasteiger charge is 2.39. The zero-order chi connectivity index (χ0) is 20.7. The molecule has 2 bridgehead atoms. The van der Waals surface area contributed by atoms with Gasteiger partial charge in [0, 0.05) is 37.1 Å². The van der Waals surface area contributed by atoms with Gasteiger partial charge in [0.1, 0.15) is 5.82 Å². The van der Waals surface area contributed by atoms with E-state index in [9.17, 15) is 9.18 Å². The Morgan fingerprint density at radius 1 is 1.13 bits per heavy atom. The molecule has 3 atom stereocenters. The van der Waals surface area contributed by atoms with Crippen LogP contribution in [0.4, 0.5) is 4.39 Å². The summed E-state index contributed by atoms with van der Waals surface area (Å²) >= 11 is 0. The average molecular weight is 408 g/mol. The Hall–Kier alpha value is -2.77. The Kier molecular flexibility index (Phi) is 5.00. The van der Waals surface area contributed by atoms with E-state index in [1.807, 2.05) is 43.4 Å². The second kappa shape index (κ2) is 7.81. The molecule has 6 nitrogen and oxygen atoms in total. The number of aryl methyl sites for hydroxylation is 1. The van der Waals surface area contributed by atoms with Gasteiger partial charge in [-0.05, 0) is 36.6 Å². The molecule has 2 saturated heterocycles. The molecule has 2 aliphatic rings. The van der Waals surface area contributed by atoms with E-state index in [-0.39, 0.29) is 29.8 Å². The normalized spacial score (nSPS) is 24.1. The van der Waals surface area contributed by atoms with Crippen LogP contribution in [0.25, 0.3) is 10.9 Å². The van der Waals surface area contributed by atoms with E-state index >= 15 is 0 Å². The first kappa shape index (κ1) is 19.2. The number of ether oxygens (including phenoxy) is 1. The fourth-order valence-corrected chi connectivity index (χ4v) is 4.80. The Labute approximate surface area is 174 Å². The van der Waals surface area contributed by atoms with Gasteiger partial charge in [-0.25, -0.2) is 4.39 Å². The molecule has 3 aromatic rings. The van der Waals surface area contributed by atoms with Crippen LogP contribution in [-0.2, 0) is 18.3 Å². The molecule has 0 spiro atoms. The number of para-hydroxylation sites is 1. The summed E-state index contributed by atoms with van der Waals surface area (Å²) in [7, 11) is 1.86. The molecular formula is C23H25FN4O2. The minimum Gasteiger partial charge on any atom is -0.378 e. The topological polar surface area (TPSA) is 59.4 Å². The third-order valence-electron chi connectivity index (χ3n) is 6.26. The lowest BCUT2D eigenvalue weighted by atomic mass is 9.89. The molecule has 30 heavy (non-hydrogen) atoms. The molecule has 7 heteroatoms. The van der Waals surface area contributed by atoms with Crippen molar-refractivity contribution in [2.75, 3.05) is 13.2 Å². The zero-order valence-corrected chi connectivity index (χ0v) is 16.9. The third kappa shape index (κ3) is 3.59. The van der Waals surface area contributed by atoms with Gasteiger partial charge in [0.15, 0.2) is 5.69 Å². The van der Waals surface area contributed by atoms with Crippen molar-refractivity contribution in [3.8, 4) is 0 Å². The molecule has 1 amide bonds. The third-order valence-corrected chi connectivity index (χ3v) is 6.26. The van der Waals surface area contributed by atoms with E-state index in [2.05, 4.69) is 15.3 Å². The molecule has 1 aromatic heterocycles. The van der Waals surface area contributed by atoms with Crippen molar-refractivity contribution >= 4 is 16.8 Å². The number of halogens is 1. The highest BCUT2D eigenvalue weighted by Crippen LogP contribution is 2.30. The molecule has 2 fully saturated rings. The molecule has 2 aromatic carbocycles. The number of hydrogen-bond donors (Lipinski definition) is 1. The number of amides is 1. The Bertz CT molecular complexity index is 1050. The van der Waals surface area contributed by atoms with Crippen LogP contribution in [0.5, 0.6) is 0 Å². The average Bonchev–Trinajstić information content (AvgIpc) is 3.07. The quantitative estimate of drug-likeness (QED) is 0.721. The van der Waals surface area contributed by atoms with Crippen molar-refractivity contribution in [3.63, 3.8) is 0 Å². The van der Waals surface area contributed by atoms with Crippen LogP contribution in [0.15, 0.2) is 48.5 Å². The monoisotopic (exact) mass is 408 g/mol. The van der Waals surface area contributed by atoms with Gasteiger partial charge in [0.25, 0.3) is 5.91 Å². The highest BCUT2D eigenvalue weighted by molar-refractivity contribution is 6.04. The van der Waals surface area contributed by atoms with E-state index in [0.717, 1.165) is 35.9 Å². The molecule has 3 heterocycles. The number of aromatic nitrogens is 2. The van der Waals surface area contributed by atoms with E-state index in [1.165, 1.54) is 12.1 Å². The minimum atomic E-state index is -0.217. The Balaban J connectivity index is 1.29. The van der Waals surface area contributed by atoms with Crippen LogP contribution < -0.4 is 5.32 Å². The summed E-state index contributed by atoms with van der Waals surface area (Å²) in [6.45, 7) is 2.07. The smallest absolute Gasteiger partial charge is 0.272 e. The molecule has 1 N–H and O–H groups in total. The predicted molar refractivity (Wildman–Crippen MR) is 112 cm³/mol. The highest BCUT2D eigenvalue weighted by atomic mass is 19.1. The van der Waals surface area contributed by atoms with Crippen molar-refractivity contribution in [1.82, 2.24) is 20.0 Å². The first-order valence-electron chi connectivity index (χ1n) is 10.4. The van der Waals surface area contributed by atoms with Crippen molar-refractivity contribution in [1.29, 1.82) is 0 Å².